The third-order valence-corrected chi connectivity index (χ3v) is 4.24. The van der Waals surface area contributed by atoms with Gasteiger partial charge in [-0.1, -0.05) is 30.5 Å². The standard InChI is InChI=1S/C13H18ClNO/c1-8-7-10(12(16)11(14)9(8)2)13(15)5-3-4-6-13/h7,16H,3-6,15H2,1-2H3. The van der Waals surface area contributed by atoms with Crippen molar-refractivity contribution >= 4 is 11.6 Å². The quantitative estimate of drug-likeness (QED) is 0.789. The molecule has 1 aromatic carbocycles. The minimum Gasteiger partial charge on any atom is -0.506 e. The van der Waals surface area contributed by atoms with Gasteiger partial charge < -0.3 is 10.8 Å². The SMILES string of the molecule is Cc1cc(C2(N)CCCC2)c(O)c(Cl)c1C. The maximum atomic E-state index is 10.1. The van der Waals surface area contributed by atoms with E-state index in [0.717, 1.165) is 42.4 Å². The van der Waals surface area contributed by atoms with Crippen LogP contribution < -0.4 is 5.73 Å². The third kappa shape index (κ3) is 1.70. The molecule has 2 nitrogen and oxygen atoms in total. The molecule has 2 rings (SSSR count). The van der Waals surface area contributed by atoms with Gasteiger partial charge in [0.05, 0.1) is 5.02 Å². The Morgan fingerprint density at radius 3 is 2.44 bits per heavy atom. The number of rotatable bonds is 1. The van der Waals surface area contributed by atoms with Crippen LogP contribution in [0.4, 0.5) is 0 Å². The van der Waals surface area contributed by atoms with Crippen LogP contribution in [0.25, 0.3) is 0 Å². The van der Waals surface area contributed by atoms with Gasteiger partial charge in [0.15, 0.2) is 0 Å². The molecule has 0 heterocycles. The Morgan fingerprint density at radius 2 is 1.88 bits per heavy atom. The summed E-state index contributed by atoms with van der Waals surface area (Å²) in [5, 5.41) is 10.6. The van der Waals surface area contributed by atoms with Gasteiger partial charge in [0.25, 0.3) is 0 Å². The average molecular weight is 240 g/mol. The van der Waals surface area contributed by atoms with E-state index in [1.54, 1.807) is 0 Å². The number of phenolic OH excluding ortho intramolecular Hbond substituents is 1. The maximum absolute atomic E-state index is 10.1. The van der Waals surface area contributed by atoms with E-state index >= 15 is 0 Å². The largest absolute Gasteiger partial charge is 0.506 e. The van der Waals surface area contributed by atoms with Gasteiger partial charge in [-0.15, -0.1) is 0 Å². The molecule has 0 aromatic heterocycles. The second-order valence-electron chi connectivity index (χ2n) is 4.89. The molecule has 1 aromatic rings. The Balaban J connectivity index is 2.57. The van der Waals surface area contributed by atoms with Crippen molar-refractivity contribution < 1.29 is 5.11 Å². The number of benzene rings is 1. The highest BCUT2D eigenvalue weighted by Gasteiger charge is 2.34. The topological polar surface area (TPSA) is 46.2 Å². The highest BCUT2D eigenvalue weighted by molar-refractivity contribution is 6.33. The number of aryl methyl sites for hydroxylation is 1. The fourth-order valence-electron chi connectivity index (χ4n) is 2.52. The van der Waals surface area contributed by atoms with E-state index in [9.17, 15) is 5.11 Å². The average Bonchev–Trinajstić information content (AvgIpc) is 2.68. The summed E-state index contributed by atoms with van der Waals surface area (Å²) in [6.07, 6.45) is 4.11. The maximum Gasteiger partial charge on any atom is 0.139 e. The smallest absolute Gasteiger partial charge is 0.139 e. The second kappa shape index (κ2) is 3.94. The summed E-state index contributed by atoms with van der Waals surface area (Å²) in [7, 11) is 0. The summed E-state index contributed by atoms with van der Waals surface area (Å²) in [4.78, 5) is 0. The van der Waals surface area contributed by atoms with Crippen LogP contribution in [0.5, 0.6) is 5.75 Å². The van der Waals surface area contributed by atoms with E-state index in [-0.39, 0.29) is 11.3 Å². The molecule has 0 unspecified atom stereocenters. The molecule has 0 aliphatic heterocycles. The van der Waals surface area contributed by atoms with Gasteiger partial charge in [-0.2, -0.15) is 0 Å². The first kappa shape index (κ1) is 11.7. The first-order chi connectivity index (χ1) is 7.46. The molecule has 0 amide bonds. The monoisotopic (exact) mass is 239 g/mol. The lowest BCUT2D eigenvalue weighted by Gasteiger charge is -2.26. The van der Waals surface area contributed by atoms with Gasteiger partial charge in [0.2, 0.25) is 0 Å². The Bertz CT molecular complexity index is 422. The number of nitrogens with two attached hydrogens (primary N) is 1. The van der Waals surface area contributed by atoms with Gasteiger partial charge in [-0.25, -0.2) is 0 Å². The molecule has 1 fully saturated rings. The molecule has 0 radical (unpaired) electrons. The van der Waals surface area contributed by atoms with Crippen molar-refractivity contribution in [3.63, 3.8) is 0 Å². The van der Waals surface area contributed by atoms with Gasteiger partial charge >= 0.3 is 0 Å². The highest BCUT2D eigenvalue weighted by atomic mass is 35.5. The zero-order valence-corrected chi connectivity index (χ0v) is 10.6. The van der Waals surface area contributed by atoms with E-state index in [2.05, 4.69) is 0 Å². The van der Waals surface area contributed by atoms with Crippen molar-refractivity contribution in [1.82, 2.24) is 0 Å². The lowest BCUT2D eigenvalue weighted by Crippen LogP contribution is -2.33. The summed E-state index contributed by atoms with van der Waals surface area (Å²) in [5.41, 5.74) is 8.81. The van der Waals surface area contributed by atoms with E-state index in [4.69, 9.17) is 17.3 Å². The van der Waals surface area contributed by atoms with E-state index < -0.39 is 0 Å². The molecule has 88 valence electrons. The van der Waals surface area contributed by atoms with Gasteiger partial charge in [-0.3, -0.25) is 0 Å². The van der Waals surface area contributed by atoms with Crippen molar-refractivity contribution in [2.75, 3.05) is 0 Å². The van der Waals surface area contributed by atoms with E-state index in [0.29, 0.717) is 5.02 Å². The predicted molar refractivity (Wildman–Crippen MR) is 66.9 cm³/mol. The summed E-state index contributed by atoms with van der Waals surface area (Å²) in [5.74, 6) is 0.175. The molecule has 3 heteroatoms. The van der Waals surface area contributed by atoms with Crippen molar-refractivity contribution in [1.29, 1.82) is 0 Å². The van der Waals surface area contributed by atoms with Crippen LogP contribution >= 0.6 is 11.6 Å². The summed E-state index contributed by atoms with van der Waals surface area (Å²) < 4.78 is 0. The number of halogens is 1. The molecule has 0 bridgehead atoms. The fourth-order valence-corrected chi connectivity index (χ4v) is 2.77. The van der Waals surface area contributed by atoms with Crippen molar-refractivity contribution in [3.05, 3.63) is 27.8 Å². The van der Waals surface area contributed by atoms with E-state index in [1.165, 1.54) is 0 Å². The number of aromatic hydroxyl groups is 1. The minimum atomic E-state index is -0.383. The Labute approximate surface area is 101 Å². The number of hydrogen-bond donors (Lipinski definition) is 2. The van der Waals surface area contributed by atoms with Crippen LogP contribution in [0.15, 0.2) is 6.07 Å². The molecule has 0 atom stereocenters. The van der Waals surface area contributed by atoms with Crippen molar-refractivity contribution in [2.24, 2.45) is 5.73 Å². The molecular formula is C13H18ClNO. The van der Waals surface area contributed by atoms with E-state index in [1.807, 2.05) is 19.9 Å². The summed E-state index contributed by atoms with van der Waals surface area (Å²) in [6.45, 7) is 3.92. The summed E-state index contributed by atoms with van der Waals surface area (Å²) >= 11 is 6.12. The molecule has 16 heavy (non-hydrogen) atoms. The molecule has 3 N–H and O–H groups in total. The molecule has 1 saturated carbocycles. The Kier molecular flexibility index (Phi) is 2.89. The Hall–Kier alpha value is -0.730. The summed E-state index contributed by atoms with van der Waals surface area (Å²) in [6, 6.07) is 1.99. The Morgan fingerprint density at radius 1 is 1.31 bits per heavy atom. The normalized spacial score (nSPS) is 19.0. The van der Waals surface area contributed by atoms with Crippen LogP contribution in [0.1, 0.15) is 42.4 Å². The van der Waals surface area contributed by atoms with Gasteiger partial charge in [0.1, 0.15) is 5.75 Å². The zero-order valence-electron chi connectivity index (χ0n) is 9.81. The molecule has 1 aliphatic rings. The van der Waals surface area contributed by atoms with Crippen molar-refractivity contribution in [2.45, 2.75) is 45.1 Å². The lowest BCUT2D eigenvalue weighted by atomic mass is 9.86. The number of hydrogen-bond acceptors (Lipinski definition) is 2. The first-order valence-electron chi connectivity index (χ1n) is 5.74. The molecule has 0 spiro atoms. The van der Waals surface area contributed by atoms with Gasteiger partial charge in [-0.05, 0) is 37.8 Å². The molecule has 0 saturated heterocycles. The first-order valence-corrected chi connectivity index (χ1v) is 6.11. The number of phenols is 1. The lowest BCUT2D eigenvalue weighted by molar-refractivity contribution is 0.409. The highest BCUT2D eigenvalue weighted by Crippen LogP contribution is 2.44. The molecule has 1 aliphatic carbocycles. The van der Waals surface area contributed by atoms with Crippen LogP contribution in [0.3, 0.4) is 0 Å². The van der Waals surface area contributed by atoms with Crippen LogP contribution in [0.2, 0.25) is 5.02 Å². The van der Waals surface area contributed by atoms with Crippen LogP contribution in [-0.4, -0.2) is 5.11 Å². The van der Waals surface area contributed by atoms with Gasteiger partial charge in [0, 0.05) is 11.1 Å². The minimum absolute atomic E-state index is 0.175. The van der Waals surface area contributed by atoms with Crippen molar-refractivity contribution in [3.8, 4) is 5.75 Å². The second-order valence-corrected chi connectivity index (χ2v) is 5.27. The fraction of sp³-hybridized carbons (Fsp3) is 0.538. The van der Waals surface area contributed by atoms with Crippen LogP contribution in [0, 0.1) is 13.8 Å². The zero-order chi connectivity index (χ0) is 11.9. The molecular weight excluding hydrogens is 222 g/mol. The predicted octanol–water partition coefficient (Wildman–Crippen LogP) is 3.39. The third-order valence-electron chi connectivity index (χ3n) is 3.78. The van der Waals surface area contributed by atoms with Crippen LogP contribution in [-0.2, 0) is 5.54 Å².